The number of nitrogens with zero attached hydrogens (tertiary/aromatic N) is 5. The van der Waals surface area contributed by atoms with Crippen LogP contribution in [0.4, 0.5) is 5.69 Å². The molecule has 0 bridgehead atoms. The van der Waals surface area contributed by atoms with Crippen molar-refractivity contribution in [2.24, 2.45) is 7.05 Å². The van der Waals surface area contributed by atoms with Crippen molar-refractivity contribution in [3.8, 4) is 0 Å². The number of nitrogens with one attached hydrogen (secondary N) is 1. The molecule has 146 valence electrons. The van der Waals surface area contributed by atoms with Crippen molar-refractivity contribution >= 4 is 28.5 Å². The van der Waals surface area contributed by atoms with Crippen LogP contribution < -0.4 is 10.9 Å². The van der Waals surface area contributed by atoms with Crippen molar-refractivity contribution in [3.05, 3.63) is 52.7 Å². The van der Waals surface area contributed by atoms with Crippen LogP contribution in [-0.2, 0) is 18.4 Å². The molecular weight excluding hydrogens is 360 g/mol. The Morgan fingerprint density at radius 2 is 1.96 bits per heavy atom. The van der Waals surface area contributed by atoms with Gasteiger partial charge in [-0.1, -0.05) is 6.07 Å². The third-order valence-corrected chi connectivity index (χ3v) is 4.48. The molecule has 2 amide bonds. The first-order chi connectivity index (χ1) is 13.4. The van der Waals surface area contributed by atoms with Gasteiger partial charge in [0.15, 0.2) is 5.65 Å². The first-order valence-corrected chi connectivity index (χ1v) is 9.01. The molecule has 1 aromatic carbocycles. The van der Waals surface area contributed by atoms with E-state index in [0.717, 1.165) is 0 Å². The number of carbonyl (C=O) groups excluding carboxylic acids is 2. The molecule has 0 aliphatic rings. The lowest BCUT2D eigenvalue weighted by molar-refractivity contribution is -0.116. The van der Waals surface area contributed by atoms with Crippen LogP contribution in [0.25, 0.3) is 11.0 Å². The van der Waals surface area contributed by atoms with Crippen LogP contribution in [0.5, 0.6) is 0 Å². The highest BCUT2D eigenvalue weighted by atomic mass is 16.2. The van der Waals surface area contributed by atoms with Gasteiger partial charge in [-0.2, -0.15) is 5.10 Å². The molecular formula is C19H22N6O3. The summed E-state index contributed by atoms with van der Waals surface area (Å²) in [5.74, 6) is -0.483. The molecule has 3 rings (SSSR count). The Hall–Kier alpha value is -3.49. The molecule has 1 N–H and O–H groups in total. The monoisotopic (exact) mass is 382 g/mol. The van der Waals surface area contributed by atoms with Crippen molar-refractivity contribution in [2.45, 2.75) is 20.4 Å². The second-order valence-electron chi connectivity index (χ2n) is 6.29. The Labute approximate surface area is 161 Å². The number of anilines is 1. The number of benzene rings is 1. The van der Waals surface area contributed by atoms with Crippen LogP contribution in [0, 0.1) is 0 Å². The van der Waals surface area contributed by atoms with Gasteiger partial charge in [-0.25, -0.2) is 4.98 Å². The summed E-state index contributed by atoms with van der Waals surface area (Å²) in [5.41, 5.74) is 1.12. The van der Waals surface area contributed by atoms with Crippen LogP contribution in [0.2, 0.25) is 0 Å². The molecule has 28 heavy (non-hydrogen) atoms. The van der Waals surface area contributed by atoms with E-state index in [-0.39, 0.29) is 23.9 Å². The van der Waals surface area contributed by atoms with E-state index in [1.54, 1.807) is 36.2 Å². The van der Waals surface area contributed by atoms with Gasteiger partial charge in [0.2, 0.25) is 5.91 Å². The number of amides is 2. The fourth-order valence-corrected chi connectivity index (χ4v) is 2.96. The Bertz CT molecular complexity index is 1080. The van der Waals surface area contributed by atoms with E-state index in [2.05, 4.69) is 15.4 Å². The van der Waals surface area contributed by atoms with Gasteiger partial charge in [0.1, 0.15) is 18.3 Å². The topological polar surface area (TPSA) is 102 Å². The number of carbonyl (C=O) groups is 2. The third-order valence-electron chi connectivity index (χ3n) is 4.48. The minimum atomic E-state index is -0.389. The summed E-state index contributed by atoms with van der Waals surface area (Å²) in [6.07, 6.45) is 2.76. The molecule has 0 saturated carbocycles. The maximum Gasteiger partial charge on any atom is 0.264 e. The zero-order valence-electron chi connectivity index (χ0n) is 16.0. The summed E-state index contributed by atoms with van der Waals surface area (Å²) in [6, 6.07) is 6.75. The van der Waals surface area contributed by atoms with E-state index in [1.807, 2.05) is 13.8 Å². The molecule has 2 heterocycles. The predicted octanol–water partition coefficient (Wildman–Crippen LogP) is 1.25. The molecule has 9 heteroatoms. The molecule has 0 fully saturated rings. The Morgan fingerprint density at radius 1 is 1.21 bits per heavy atom. The van der Waals surface area contributed by atoms with E-state index in [0.29, 0.717) is 35.4 Å². The summed E-state index contributed by atoms with van der Waals surface area (Å²) < 4.78 is 2.73. The average Bonchev–Trinajstić information content (AvgIpc) is 3.06. The number of rotatable bonds is 6. The van der Waals surface area contributed by atoms with Gasteiger partial charge >= 0.3 is 0 Å². The standard InChI is InChI=1S/C19H22N6O3/c1-4-24(5-2)18(27)13-7-6-8-14(9-13)22-16(26)11-25-12-20-17-15(19(25)28)10-21-23(17)3/h6-10,12H,4-5,11H2,1-3H3,(H,22,26). The number of hydrogen-bond donors (Lipinski definition) is 1. The van der Waals surface area contributed by atoms with Gasteiger partial charge in [-0.15, -0.1) is 0 Å². The molecule has 3 aromatic rings. The lowest BCUT2D eigenvalue weighted by Gasteiger charge is -2.19. The third kappa shape index (κ3) is 3.78. The SMILES string of the molecule is CCN(CC)C(=O)c1cccc(NC(=O)Cn2cnc3c(cnn3C)c2=O)c1. The van der Waals surface area contributed by atoms with E-state index in [4.69, 9.17) is 0 Å². The fraction of sp³-hybridized carbons (Fsp3) is 0.316. The summed E-state index contributed by atoms with van der Waals surface area (Å²) in [4.78, 5) is 43.2. The van der Waals surface area contributed by atoms with Crippen LogP contribution in [0.3, 0.4) is 0 Å². The summed E-state index contributed by atoms with van der Waals surface area (Å²) in [6.45, 7) is 4.86. The summed E-state index contributed by atoms with van der Waals surface area (Å²) in [7, 11) is 1.69. The minimum absolute atomic E-state index is 0.0939. The lowest BCUT2D eigenvalue weighted by atomic mass is 10.1. The average molecular weight is 382 g/mol. The highest BCUT2D eigenvalue weighted by Crippen LogP contribution is 2.13. The number of fused-ring (bicyclic) bond motifs is 1. The second-order valence-corrected chi connectivity index (χ2v) is 6.29. The molecule has 0 unspecified atom stereocenters. The van der Waals surface area contributed by atoms with Gasteiger partial charge < -0.3 is 10.2 Å². The number of hydrogen-bond acceptors (Lipinski definition) is 5. The van der Waals surface area contributed by atoms with Gasteiger partial charge in [0.05, 0.1) is 6.20 Å². The quantitative estimate of drug-likeness (QED) is 0.691. The molecule has 0 atom stereocenters. The largest absolute Gasteiger partial charge is 0.339 e. The highest BCUT2D eigenvalue weighted by molar-refractivity contribution is 5.97. The maximum atomic E-state index is 12.5. The van der Waals surface area contributed by atoms with Gasteiger partial charge in [-0.3, -0.25) is 23.6 Å². The molecule has 9 nitrogen and oxygen atoms in total. The van der Waals surface area contributed by atoms with Crippen molar-refractivity contribution in [3.63, 3.8) is 0 Å². The number of aryl methyl sites for hydroxylation is 1. The Balaban J connectivity index is 1.75. The summed E-state index contributed by atoms with van der Waals surface area (Å²) in [5, 5.41) is 7.08. The normalized spacial score (nSPS) is 10.8. The van der Waals surface area contributed by atoms with Crippen LogP contribution in [-0.4, -0.2) is 49.1 Å². The maximum absolute atomic E-state index is 12.5. The molecule has 0 aliphatic carbocycles. The zero-order chi connectivity index (χ0) is 20.3. The fourth-order valence-electron chi connectivity index (χ4n) is 2.96. The van der Waals surface area contributed by atoms with E-state index < -0.39 is 0 Å². The van der Waals surface area contributed by atoms with E-state index >= 15 is 0 Å². The first kappa shape index (κ1) is 19.3. The van der Waals surface area contributed by atoms with Crippen molar-refractivity contribution in [1.29, 1.82) is 0 Å². The van der Waals surface area contributed by atoms with E-state index in [9.17, 15) is 14.4 Å². The smallest absolute Gasteiger partial charge is 0.264 e. The molecule has 2 aromatic heterocycles. The van der Waals surface area contributed by atoms with Crippen molar-refractivity contribution in [2.75, 3.05) is 18.4 Å². The zero-order valence-corrected chi connectivity index (χ0v) is 16.0. The van der Waals surface area contributed by atoms with E-state index in [1.165, 1.54) is 21.8 Å². The van der Waals surface area contributed by atoms with Crippen molar-refractivity contribution in [1.82, 2.24) is 24.2 Å². The molecule has 0 aliphatic heterocycles. The molecule has 0 radical (unpaired) electrons. The first-order valence-electron chi connectivity index (χ1n) is 9.01. The van der Waals surface area contributed by atoms with Crippen LogP contribution in [0.15, 0.2) is 41.6 Å². The number of aromatic nitrogens is 4. The van der Waals surface area contributed by atoms with Crippen LogP contribution in [0.1, 0.15) is 24.2 Å². The second kappa shape index (κ2) is 8.03. The molecule has 0 spiro atoms. The Kier molecular flexibility index (Phi) is 5.53. The van der Waals surface area contributed by atoms with Gasteiger partial charge in [0.25, 0.3) is 11.5 Å². The lowest BCUT2D eigenvalue weighted by Crippen LogP contribution is -2.30. The van der Waals surface area contributed by atoms with Gasteiger partial charge in [-0.05, 0) is 32.0 Å². The van der Waals surface area contributed by atoms with Crippen molar-refractivity contribution < 1.29 is 9.59 Å². The Morgan fingerprint density at radius 3 is 2.68 bits per heavy atom. The van der Waals surface area contributed by atoms with Gasteiger partial charge in [0, 0.05) is 31.4 Å². The highest BCUT2D eigenvalue weighted by Gasteiger charge is 2.14. The minimum Gasteiger partial charge on any atom is -0.339 e. The summed E-state index contributed by atoms with van der Waals surface area (Å²) >= 11 is 0. The molecule has 0 saturated heterocycles. The van der Waals surface area contributed by atoms with Crippen LogP contribution >= 0.6 is 0 Å². The predicted molar refractivity (Wildman–Crippen MR) is 105 cm³/mol.